The van der Waals surface area contributed by atoms with E-state index in [9.17, 15) is 0 Å². The number of para-hydroxylation sites is 1. The van der Waals surface area contributed by atoms with E-state index in [0.717, 1.165) is 17.6 Å². The molecule has 0 aliphatic heterocycles. The van der Waals surface area contributed by atoms with E-state index in [-0.39, 0.29) is 0 Å². The standard InChI is InChI=1S/C28H19N/c1-2-8-19(9-3-1)26-18-28(29-27-13-7-6-12-25(26)27)21-14-15-24-22(17-21)16-20-10-4-5-11-23(20)24/h1-15,17-18H,16H2. The van der Waals surface area contributed by atoms with Gasteiger partial charge in [-0.2, -0.15) is 0 Å². The summed E-state index contributed by atoms with van der Waals surface area (Å²) in [6, 6.07) is 36.7. The van der Waals surface area contributed by atoms with Crippen LogP contribution in [0, 0.1) is 0 Å². The van der Waals surface area contributed by atoms with Crippen LogP contribution in [0.5, 0.6) is 0 Å². The molecule has 1 aliphatic rings. The Bertz CT molecular complexity index is 1370. The minimum atomic E-state index is 0.998. The first-order chi connectivity index (χ1) is 14.4. The van der Waals surface area contributed by atoms with E-state index in [1.165, 1.54) is 44.3 Å². The van der Waals surface area contributed by atoms with E-state index in [2.05, 4.69) is 103 Å². The summed E-state index contributed by atoms with van der Waals surface area (Å²) < 4.78 is 0. The molecule has 0 saturated carbocycles. The third-order valence-electron chi connectivity index (χ3n) is 5.89. The molecule has 0 radical (unpaired) electrons. The number of hydrogen-bond donors (Lipinski definition) is 0. The molecule has 1 heterocycles. The molecule has 0 bridgehead atoms. The highest BCUT2D eigenvalue weighted by atomic mass is 14.7. The van der Waals surface area contributed by atoms with Crippen LogP contribution in [0.4, 0.5) is 0 Å². The van der Waals surface area contributed by atoms with E-state index in [0.29, 0.717) is 0 Å². The van der Waals surface area contributed by atoms with Crippen molar-refractivity contribution >= 4 is 10.9 Å². The molecule has 136 valence electrons. The molecule has 1 aliphatic carbocycles. The Morgan fingerprint density at radius 3 is 2.21 bits per heavy atom. The van der Waals surface area contributed by atoms with Crippen LogP contribution in [0.15, 0.2) is 103 Å². The molecular formula is C28H19N. The highest BCUT2D eigenvalue weighted by Gasteiger charge is 2.19. The highest BCUT2D eigenvalue weighted by molar-refractivity contribution is 5.96. The van der Waals surface area contributed by atoms with Crippen LogP contribution in [0.3, 0.4) is 0 Å². The van der Waals surface area contributed by atoms with Crippen molar-refractivity contribution in [2.24, 2.45) is 0 Å². The summed E-state index contributed by atoms with van der Waals surface area (Å²) in [7, 11) is 0. The fourth-order valence-electron chi connectivity index (χ4n) is 4.48. The molecule has 6 rings (SSSR count). The lowest BCUT2D eigenvalue weighted by molar-refractivity contribution is 1.26. The molecular weight excluding hydrogens is 350 g/mol. The zero-order valence-electron chi connectivity index (χ0n) is 16.0. The molecule has 0 amide bonds. The lowest BCUT2D eigenvalue weighted by atomic mass is 9.97. The number of nitrogens with zero attached hydrogens (tertiary/aromatic N) is 1. The molecule has 0 spiro atoms. The monoisotopic (exact) mass is 369 g/mol. The van der Waals surface area contributed by atoms with Crippen molar-refractivity contribution in [2.75, 3.05) is 0 Å². The average Bonchev–Trinajstić information content (AvgIpc) is 3.17. The topological polar surface area (TPSA) is 12.9 Å². The maximum atomic E-state index is 5.01. The first-order valence-corrected chi connectivity index (χ1v) is 10.0. The quantitative estimate of drug-likeness (QED) is 0.316. The molecule has 0 fully saturated rings. The molecule has 1 heteroatoms. The lowest BCUT2D eigenvalue weighted by Gasteiger charge is -2.11. The molecule has 29 heavy (non-hydrogen) atoms. The van der Waals surface area contributed by atoms with Crippen molar-refractivity contribution in [1.29, 1.82) is 0 Å². The van der Waals surface area contributed by atoms with Gasteiger partial charge in [-0.25, -0.2) is 4.98 Å². The van der Waals surface area contributed by atoms with Crippen molar-refractivity contribution < 1.29 is 0 Å². The molecule has 4 aromatic carbocycles. The first-order valence-electron chi connectivity index (χ1n) is 10.0. The van der Waals surface area contributed by atoms with Crippen LogP contribution in [0.25, 0.3) is 44.4 Å². The van der Waals surface area contributed by atoms with Crippen LogP contribution in [0.2, 0.25) is 0 Å². The van der Waals surface area contributed by atoms with Crippen molar-refractivity contribution in [3.05, 3.63) is 114 Å². The molecule has 0 saturated heterocycles. The average molecular weight is 369 g/mol. The predicted molar refractivity (Wildman–Crippen MR) is 121 cm³/mol. The molecule has 0 N–H and O–H groups in total. The fraction of sp³-hybridized carbons (Fsp3) is 0.0357. The van der Waals surface area contributed by atoms with E-state index >= 15 is 0 Å². The van der Waals surface area contributed by atoms with E-state index in [4.69, 9.17) is 4.98 Å². The second-order valence-corrected chi connectivity index (χ2v) is 7.64. The summed E-state index contributed by atoms with van der Waals surface area (Å²) in [4.78, 5) is 5.01. The van der Waals surface area contributed by atoms with Crippen molar-refractivity contribution in [1.82, 2.24) is 4.98 Å². The van der Waals surface area contributed by atoms with Crippen LogP contribution < -0.4 is 0 Å². The van der Waals surface area contributed by atoms with E-state index < -0.39 is 0 Å². The SMILES string of the molecule is c1ccc(-c2cc(-c3ccc4c(c3)Cc3ccccc3-4)nc3ccccc23)cc1. The Morgan fingerprint density at radius 1 is 0.517 bits per heavy atom. The van der Waals surface area contributed by atoms with Gasteiger partial charge in [0.05, 0.1) is 11.2 Å². The van der Waals surface area contributed by atoms with Crippen molar-refractivity contribution in [3.8, 4) is 33.5 Å². The van der Waals surface area contributed by atoms with Gasteiger partial charge in [0.15, 0.2) is 0 Å². The largest absolute Gasteiger partial charge is 0.248 e. The van der Waals surface area contributed by atoms with Gasteiger partial charge in [0.1, 0.15) is 0 Å². The summed E-state index contributed by atoms with van der Waals surface area (Å²) in [5, 5.41) is 1.19. The zero-order chi connectivity index (χ0) is 19.2. The molecule has 0 atom stereocenters. The van der Waals surface area contributed by atoms with Crippen molar-refractivity contribution in [2.45, 2.75) is 6.42 Å². The first kappa shape index (κ1) is 16.3. The van der Waals surface area contributed by atoms with Gasteiger partial charge in [-0.15, -0.1) is 0 Å². The third-order valence-corrected chi connectivity index (χ3v) is 5.89. The Hall–Kier alpha value is -3.71. The van der Waals surface area contributed by atoms with Gasteiger partial charge in [0.25, 0.3) is 0 Å². The van der Waals surface area contributed by atoms with Crippen LogP contribution in [-0.2, 0) is 6.42 Å². The van der Waals surface area contributed by atoms with Crippen LogP contribution >= 0.6 is 0 Å². The Morgan fingerprint density at radius 2 is 1.28 bits per heavy atom. The third kappa shape index (κ3) is 2.67. The number of benzene rings is 4. The second-order valence-electron chi connectivity index (χ2n) is 7.64. The predicted octanol–water partition coefficient (Wildman–Crippen LogP) is 7.14. The fourth-order valence-corrected chi connectivity index (χ4v) is 4.48. The lowest BCUT2D eigenvalue weighted by Crippen LogP contribution is -1.91. The number of pyridine rings is 1. The Kier molecular flexibility index (Phi) is 3.60. The summed E-state index contributed by atoms with van der Waals surface area (Å²) in [5.41, 5.74) is 11.2. The maximum absolute atomic E-state index is 5.01. The van der Waals surface area contributed by atoms with Gasteiger partial charge in [-0.1, -0.05) is 84.9 Å². The zero-order valence-corrected chi connectivity index (χ0v) is 16.0. The molecule has 0 unspecified atom stereocenters. The van der Waals surface area contributed by atoms with E-state index in [1.54, 1.807) is 0 Å². The summed E-state index contributed by atoms with van der Waals surface area (Å²) in [5.74, 6) is 0. The van der Waals surface area contributed by atoms with Gasteiger partial charge in [-0.05, 0) is 58.0 Å². The van der Waals surface area contributed by atoms with E-state index in [1.807, 2.05) is 0 Å². The minimum absolute atomic E-state index is 0.998. The van der Waals surface area contributed by atoms with Gasteiger partial charge >= 0.3 is 0 Å². The number of aromatic nitrogens is 1. The number of hydrogen-bond acceptors (Lipinski definition) is 1. The molecule has 5 aromatic rings. The van der Waals surface area contributed by atoms with Gasteiger partial charge < -0.3 is 0 Å². The summed E-state index contributed by atoms with van der Waals surface area (Å²) in [6.45, 7) is 0. The normalized spacial score (nSPS) is 12.0. The molecule has 1 aromatic heterocycles. The van der Waals surface area contributed by atoms with Gasteiger partial charge in [0.2, 0.25) is 0 Å². The smallest absolute Gasteiger partial charge is 0.0716 e. The van der Waals surface area contributed by atoms with Gasteiger partial charge in [0, 0.05) is 10.9 Å². The Balaban J connectivity index is 1.53. The highest BCUT2D eigenvalue weighted by Crippen LogP contribution is 2.39. The number of fused-ring (bicyclic) bond motifs is 4. The maximum Gasteiger partial charge on any atom is 0.0716 e. The van der Waals surface area contributed by atoms with Gasteiger partial charge in [-0.3, -0.25) is 0 Å². The second kappa shape index (κ2) is 6.42. The number of rotatable bonds is 2. The van der Waals surface area contributed by atoms with Crippen LogP contribution in [0.1, 0.15) is 11.1 Å². The summed E-state index contributed by atoms with van der Waals surface area (Å²) in [6.07, 6.45) is 0.998. The summed E-state index contributed by atoms with van der Waals surface area (Å²) >= 11 is 0. The van der Waals surface area contributed by atoms with Crippen molar-refractivity contribution in [3.63, 3.8) is 0 Å². The minimum Gasteiger partial charge on any atom is -0.248 e. The molecule has 1 nitrogen and oxygen atoms in total. The Labute approximate surface area is 170 Å². The van der Waals surface area contributed by atoms with Crippen LogP contribution in [-0.4, -0.2) is 4.98 Å².